The maximum absolute atomic E-state index is 12.4. The van der Waals surface area contributed by atoms with Crippen LogP contribution in [0.4, 0.5) is 4.79 Å². The minimum atomic E-state index is -0.933. The van der Waals surface area contributed by atoms with Crippen LogP contribution < -0.4 is 5.32 Å². The standard InChI is InChI=1S/C15H26N2O3/c1-2-6-12(14(18)19)16-15(20)17-10-5-8-11-7-3-4-9-13(11)17/h11-13H,2-10H2,1H3,(H,16,20)(H,18,19). The number of carbonyl (C=O) groups excluding carboxylic acids is 1. The van der Waals surface area contributed by atoms with Crippen molar-refractivity contribution < 1.29 is 14.7 Å². The van der Waals surface area contributed by atoms with Crippen LogP contribution in [-0.2, 0) is 4.79 Å². The largest absolute Gasteiger partial charge is 0.480 e. The number of carbonyl (C=O) groups is 2. The molecule has 2 aliphatic rings. The lowest BCUT2D eigenvalue weighted by atomic mass is 9.78. The molecule has 1 saturated heterocycles. The lowest BCUT2D eigenvalue weighted by Crippen LogP contribution is -2.55. The summed E-state index contributed by atoms with van der Waals surface area (Å²) in [5, 5.41) is 11.9. The maximum atomic E-state index is 12.4. The van der Waals surface area contributed by atoms with Gasteiger partial charge in [-0.1, -0.05) is 26.2 Å². The molecule has 2 N–H and O–H groups in total. The first kappa shape index (κ1) is 15.1. The van der Waals surface area contributed by atoms with Crippen LogP contribution in [0, 0.1) is 5.92 Å². The molecule has 1 heterocycles. The molecule has 0 spiro atoms. The third-order valence-electron chi connectivity index (χ3n) is 4.68. The number of likely N-dealkylation sites (tertiary alicyclic amines) is 1. The summed E-state index contributed by atoms with van der Waals surface area (Å²) in [7, 11) is 0. The number of fused-ring (bicyclic) bond motifs is 1. The van der Waals surface area contributed by atoms with Gasteiger partial charge in [0.15, 0.2) is 0 Å². The number of nitrogens with one attached hydrogen (secondary N) is 1. The summed E-state index contributed by atoms with van der Waals surface area (Å²) in [6, 6.07) is -0.604. The van der Waals surface area contributed by atoms with E-state index in [0.29, 0.717) is 18.4 Å². The number of carboxylic acids is 1. The van der Waals surface area contributed by atoms with E-state index in [1.807, 2.05) is 11.8 Å². The summed E-state index contributed by atoms with van der Waals surface area (Å²) in [6.07, 6.45) is 8.24. The van der Waals surface area contributed by atoms with Crippen molar-refractivity contribution in [1.29, 1.82) is 0 Å². The van der Waals surface area contributed by atoms with Gasteiger partial charge in [-0.15, -0.1) is 0 Å². The van der Waals surface area contributed by atoms with Gasteiger partial charge in [-0.25, -0.2) is 9.59 Å². The minimum absolute atomic E-state index is 0.178. The van der Waals surface area contributed by atoms with Crippen LogP contribution in [0.15, 0.2) is 0 Å². The van der Waals surface area contributed by atoms with E-state index >= 15 is 0 Å². The van der Waals surface area contributed by atoms with E-state index in [2.05, 4.69) is 5.32 Å². The number of rotatable bonds is 4. The second-order valence-corrected chi connectivity index (χ2v) is 6.08. The number of aliphatic carboxylic acids is 1. The molecule has 1 saturated carbocycles. The highest BCUT2D eigenvalue weighted by Gasteiger charge is 2.36. The van der Waals surface area contributed by atoms with Gasteiger partial charge in [0, 0.05) is 12.6 Å². The molecule has 114 valence electrons. The highest BCUT2D eigenvalue weighted by Crippen LogP contribution is 2.35. The molecule has 3 unspecified atom stereocenters. The van der Waals surface area contributed by atoms with Crippen molar-refractivity contribution in [2.45, 2.75) is 70.4 Å². The molecule has 5 nitrogen and oxygen atoms in total. The highest BCUT2D eigenvalue weighted by molar-refractivity contribution is 5.82. The molecule has 2 fully saturated rings. The molecule has 1 aliphatic heterocycles. The third kappa shape index (κ3) is 3.44. The minimum Gasteiger partial charge on any atom is -0.480 e. The van der Waals surface area contributed by atoms with Gasteiger partial charge in [0.25, 0.3) is 0 Å². The fraction of sp³-hybridized carbons (Fsp3) is 0.867. The SMILES string of the molecule is CCCC(NC(=O)N1CCCC2CCCCC21)C(=O)O. The lowest BCUT2D eigenvalue weighted by Gasteiger charge is -2.44. The number of hydrogen-bond acceptors (Lipinski definition) is 2. The van der Waals surface area contributed by atoms with E-state index in [0.717, 1.165) is 25.8 Å². The molecule has 2 amide bonds. The lowest BCUT2D eigenvalue weighted by molar-refractivity contribution is -0.139. The van der Waals surface area contributed by atoms with Crippen LogP contribution in [0.3, 0.4) is 0 Å². The van der Waals surface area contributed by atoms with Crippen LogP contribution in [0.1, 0.15) is 58.3 Å². The van der Waals surface area contributed by atoms with Crippen LogP contribution in [-0.4, -0.2) is 40.6 Å². The Morgan fingerprint density at radius 2 is 1.95 bits per heavy atom. The van der Waals surface area contributed by atoms with E-state index < -0.39 is 12.0 Å². The molecule has 0 radical (unpaired) electrons. The topological polar surface area (TPSA) is 69.6 Å². The van der Waals surface area contributed by atoms with Crippen LogP contribution in [0.25, 0.3) is 0 Å². The molecule has 0 bridgehead atoms. The van der Waals surface area contributed by atoms with Gasteiger partial charge in [-0.3, -0.25) is 0 Å². The van der Waals surface area contributed by atoms with E-state index in [4.69, 9.17) is 5.11 Å². The number of carboxylic acid groups (broad SMARTS) is 1. The summed E-state index contributed by atoms with van der Waals surface area (Å²) in [5.41, 5.74) is 0. The molecule has 5 heteroatoms. The molecule has 1 aliphatic carbocycles. The summed E-state index contributed by atoms with van der Waals surface area (Å²) < 4.78 is 0. The van der Waals surface area contributed by atoms with Gasteiger partial charge < -0.3 is 15.3 Å². The van der Waals surface area contributed by atoms with E-state index in [9.17, 15) is 9.59 Å². The Bertz CT molecular complexity index is 357. The third-order valence-corrected chi connectivity index (χ3v) is 4.68. The maximum Gasteiger partial charge on any atom is 0.326 e. The Labute approximate surface area is 120 Å². The zero-order chi connectivity index (χ0) is 14.5. The number of amides is 2. The predicted molar refractivity (Wildman–Crippen MR) is 76.5 cm³/mol. The van der Waals surface area contributed by atoms with Gasteiger partial charge in [0.2, 0.25) is 0 Å². The van der Waals surface area contributed by atoms with Gasteiger partial charge in [0.1, 0.15) is 6.04 Å². The fourth-order valence-electron chi connectivity index (χ4n) is 3.65. The predicted octanol–water partition coefficient (Wildman–Crippen LogP) is 2.60. The van der Waals surface area contributed by atoms with Gasteiger partial charge >= 0.3 is 12.0 Å². The molecular weight excluding hydrogens is 256 g/mol. The second-order valence-electron chi connectivity index (χ2n) is 6.08. The van der Waals surface area contributed by atoms with Crippen molar-refractivity contribution in [3.8, 4) is 0 Å². The van der Waals surface area contributed by atoms with Crippen molar-refractivity contribution in [1.82, 2.24) is 10.2 Å². The summed E-state index contributed by atoms with van der Waals surface area (Å²) in [5.74, 6) is -0.310. The number of nitrogens with zero attached hydrogens (tertiary/aromatic N) is 1. The molecule has 0 aromatic rings. The Balaban J connectivity index is 1.97. The molecule has 2 rings (SSSR count). The molecular formula is C15H26N2O3. The average Bonchev–Trinajstić information content (AvgIpc) is 2.46. The zero-order valence-electron chi connectivity index (χ0n) is 12.3. The average molecular weight is 282 g/mol. The Morgan fingerprint density at radius 3 is 2.65 bits per heavy atom. The van der Waals surface area contributed by atoms with Crippen molar-refractivity contribution in [3.63, 3.8) is 0 Å². The monoisotopic (exact) mass is 282 g/mol. The van der Waals surface area contributed by atoms with Crippen LogP contribution >= 0.6 is 0 Å². The number of urea groups is 1. The van der Waals surface area contributed by atoms with Gasteiger partial charge in [0.05, 0.1) is 0 Å². The van der Waals surface area contributed by atoms with Gasteiger partial charge in [-0.2, -0.15) is 0 Å². The fourth-order valence-corrected chi connectivity index (χ4v) is 3.65. The Kier molecular flexibility index (Phi) is 5.26. The van der Waals surface area contributed by atoms with Crippen molar-refractivity contribution in [3.05, 3.63) is 0 Å². The first-order chi connectivity index (χ1) is 9.63. The summed E-state index contributed by atoms with van der Waals surface area (Å²) in [6.45, 7) is 2.70. The number of piperidine rings is 1. The normalized spacial score (nSPS) is 27.6. The van der Waals surface area contributed by atoms with Gasteiger partial charge in [-0.05, 0) is 38.0 Å². The number of hydrogen-bond donors (Lipinski definition) is 2. The van der Waals surface area contributed by atoms with E-state index in [-0.39, 0.29) is 6.03 Å². The summed E-state index contributed by atoms with van der Waals surface area (Å²) >= 11 is 0. The van der Waals surface area contributed by atoms with E-state index in [1.54, 1.807) is 0 Å². The zero-order valence-corrected chi connectivity index (χ0v) is 12.3. The van der Waals surface area contributed by atoms with Crippen LogP contribution in [0.5, 0.6) is 0 Å². The summed E-state index contributed by atoms with van der Waals surface area (Å²) in [4.78, 5) is 25.5. The van der Waals surface area contributed by atoms with Crippen molar-refractivity contribution in [2.24, 2.45) is 5.92 Å². The first-order valence-electron chi connectivity index (χ1n) is 7.93. The first-order valence-corrected chi connectivity index (χ1v) is 7.93. The Morgan fingerprint density at radius 1 is 1.25 bits per heavy atom. The molecule has 0 aromatic carbocycles. The Hall–Kier alpha value is -1.26. The smallest absolute Gasteiger partial charge is 0.326 e. The molecule has 3 atom stereocenters. The quantitative estimate of drug-likeness (QED) is 0.832. The molecule has 0 aromatic heterocycles. The highest BCUT2D eigenvalue weighted by atomic mass is 16.4. The van der Waals surface area contributed by atoms with Crippen molar-refractivity contribution in [2.75, 3.05) is 6.54 Å². The van der Waals surface area contributed by atoms with Crippen molar-refractivity contribution >= 4 is 12.0 Å². The molecule has 20 heavy (non-hydrogen) atoms. The van der Waals surface area contributed by atoms with Crippen LogP contribution in [0.2, 0.25) is 0 Å². The van der Waals surface area contributed by atoms with E-state index in [1.165, 1.54) is 25.7 Å². The second kappa shape index (κ2) is 6.95.